The summed E-state index contributed by atoms with van der Waals surface area (Å²) in [5.74, 6) is 0.534. The lowest BCUT2D eigenvalue weighted by Gasteiger charge is -2.11. The van der Waals surface area contributed by atoms with Crippen LogP contribution in [0.15, 0.2) is 18.2 Å². The minimum atomic E-state index is 0.534. The minimum absolute atomic E-state index is 0.534. The van der Waals surface area contributed by atoms with E-state index < -0.39 is 0 Å². The molecular formula is C12H17ClN4. The quantitative estimate of drug-likeness (QED) is 0.908. The molecule has 1 aromatic carbocycles. The lowest BCUT2D eigenvalue weighted by atomic mass is 10.3. The second-order valence-corrected chi connectivity index (χ2v) is 4.79. The van der Waals surface area contributed by atoms with Crippen molar-refractivity contribution in [2.24, 2.45) is 0 Å². The molecule has 0 aliphatic heterocycles. The molecule has 2 aromatic rings. The number of fused-ring (bicyclic) bond motifs is 1. The molecule has 0 atom stereocenters. The molecule has 0 fully saturated rings. The van der Waals surface area contributed by atoms with Gasteiger partial charge in [-0.1, -0.05) is 17.7 Å². The molecule has 92 valence electrons. The van der Waals surface area contributed by atoms with E-state index in [1.807, 2.05) is 22.8 Å². The zero-order valence-corrected chi connectivity index (χ0v) is 10.9. The molecule has 0 spiro atoms. The molecule has 5 heteroatoms. The van der Waals surface area contributed by atoms with Gasteiger partial charge in [-0.15, -0.1) is 0 Å². The Kier molecular flexibility index (Phi) is 3.54. The van der Waals surface area contributed by atoms with Gasteiger partial charge in [0, 0.05) is 6.54 Å². The maximum Gasteiger partial charge on any atom is 0.201 e. The number of aryl methyl sites for hydroxylation is 1. The Morgan fingerprint density at radius 2 is 2.18 bits per heavy atom. The van der Waals surface area contributed by atoms with Gasteiger partial charge in [0.1, 0.15) is 0 Å². The van der Waals surface area contributed by atoms with Gasteiger partial charge in [0.25, 0.3) is 0 Å². The Hall–Kier alpha value is -1.26. The molecule has 0 aliphatic carbocycles. The number of hydrogen-bond donors (Lipinski definition) is 1. The Labute approximate surface area is 106 Å². The zero-order valence-electron chi connectivity index (χ0n) is 10.2. The summed E-state index contributed by atoms with van der Waals surface area (Å²) in [5, 5.41) is 0.705. The van der Waals surface area contributed by atoms with Crippen molar-refractivity contribution in [2.75, 3.05) is 26.4 Å². The predicted molar refractivity (Wildman–Crippen MR) is 72.3 cm³/mol. The van der Waals surface area contributed by atoms with Crippen LogP contribution in [-0.4, -0.2) is 35.1 Å². The molecule has 0 radical (unpaired) electrons. The van der Waals surface area contributed by atoms with Crippen LogP contribution in [0.3, 0.4) is 0 Å². The molecule has 1 aromatic heterocycles. The number of anilines is 1. The minimum Gasteiger partial charge on any atom is -0.369 e. The predicted octanol–water partition coefficient (Wildman–Crippen LogP) is 2.22. The van der Waals surface area contributed by atoms with Gasteiger partial charge in [0.2, 0.25) is 5.95 Å². The van der Waals surface area contributed by atoms with Crippen LogP contribution in [0.4, 0.5) is 5.95 Å². The van der Waals surface area contributed by atoms with Crippen LogP contribution in [-0.2, 0) is 6.54 Å². The van der Waals surface area contributed by atoms with E-state index in [1.54, 1.807) is 0 Å². The first-order valence-corrected chi connectivity index (χ1v) is 6.02. The average Bonchev–Trinajstić information content (AvgIpc) is 2.56. The Morgan fingerprint density at radius 3 is 2.88 bits per heavy atom. The van der Waals surface area contributed by atoms with Crippen LogP contribution in [0.1, 0.15) is 6.42 Å². The highest BCUT2D eigenvalue weighted by Crippen LogP contribution is 2.25. The van der Waals surface area contributed by atoms with Crippen molar-refractivity contribution in [2.45, 2.75) is 13.0 Å². The molecule has 2 N–H and O–H groups in total. The summed E-state index contributed by atoms with van der Waals surface area (Å²) in [4.78, 5) is 6.46. The summed E-state index contributed by atoms with van der Waals surface area (Å²) >= 11 is 6.19. The van der Waals surface area contributed by atoms with Gasteiger partial charge in [-0.25, -0.2) is 4.98 Å². The van der Waals surface area contributed by atoms with Gasteiger partial charge in [0.05, 0.1) is 16.1 Å². The lowest BCUT2D eigenvalue weighted by Crippen LogP contribution is -2.15. The highest BCUT2D eigenvalue weighted by molar-refractivity contribution is 6.35. The van der Waals surface area contributed by atoms with E-state index in [9.17, 15) is 0 Å². The molecule has 4 nitrogen and oxygen atoms in total. The third-order valence-electron chi connectivity index (χ3n) is 2.73. The van der Waals surface area contributed by atoms with E-state index in [1.165, 1.54) is 0 Å². The fourth-order valence-corrected chi connectivity index (χ4v) is 2.20. The molecule has 0 saturated heterocycles. The van der Waals surface area contributed by atoms with Gasteiger partial charge < -0.3 is 15.2 Å². The molecule has 0 unspecified atom stereocenters. The van der Waals surface area contributed by atoms with E-state index in [0.717, 1.165) is 30.5 Å². The van der Waals surface area contributed by atoms with Crippen molar-refractivity contribution in [1.29, 1.82) is 0 Å². The number of nitrogens with zero attached hydrogens (tertiary/aromatic N) is 3. The first-order valence-electron chi connectivity index (χ1n) is 5.64. The number of nitrogen functional groups attached to an aromatic ring is 1. The number of benzene rings is 1. The summed E-state index contributed by atoms with van der Waals surface area (Å²) in [5.41, 5.74) is 7.72. The van der Waals surface area contributed by atoms with Gasteiger partial charge >= 0.3 is 0 Å². The SMILES string of the molecule is CN(C)CCCn1c(N)nc2cccc(Cl)c21. The number of hydrogen-bond acceptors (Lipinski definition) is 3. The van der Waals surface area contributed by atoms with Crippen LogP contribution in [0, 0.1) is 0 Å². The first-order chi connectivity index (χ1) is 8.09. The van der Waals surface area contributed by atoms with E-state index in [2.05, 4.69) is 24.0 Å². The van der Waals surface area contributed by atoms with Gasteiger partial charge in [-0.05, 0) is 39.2 Å². The van der Waals surface area contributed by atoms with Gasteiger partial charge in [0.15, 0.2) is 0 Å². The van der Waals surface area contributed by atoms with E-state index in [0.29, 0.717) is 11.0 Å². The maximum absolute atomic E-state index is 6.19. The summed E-state index contributed by atoms with van der Waals surface area (Å²) in [6.45, 7) is 1.85. The fraction of sp³-hybridized carbons (Fsp3) is 0.417. The Bertz CT molecular complexity index is 518. The van der Waals surface area contributed by atoms with Crippen molar-refractivity contribution in [3.05, 3.63) is 23.2 Å². The molecule has 2 rings (SSSR count). The number of nitrogens with two attached hydrogens (primary N) is 1. The number of imidazole rings is 1. The third kappa shape index (κ3) is 2.53. The normalized spacial score (nSPS) is 11.5. The fourth-order valence-electron chi connectivity index (χ4n) is 1.93. The van der Waals surface area contributed by atoms with Gasteiger partial charge in [-0.3, -0.25) is 0 Å². The number of aromatic nitrogens is 2. The summed E-state index contributed by atoms with van der Waals surface area (Å²) < 4.78 is 1.99. The Morgan fingerprint density at radius 1 is 1.41 bits per heavy atom. The van der Waals surface area contributed by atoms with Crippen molar-refractivity contribution < 1.29 is 0 Å². The summed E-state index contributed by atoms with van der Waals surface area (Å²) in [6, 6.07) is 5.69. The van der Waals surface area contributed by atoms with Crippen LogP contribution >= 0.6 is 11.6 Å². The molecule has 0 aliphatic rings. The average molecular weight is 253 g/mol. The molecule has 0 bridgehead atoms. The first kappa shape index (κ1) is 12.2. The molecular weight excluding hydrogens is 236 g/mol. The monoisotopic (exact) mass is 252 g/mol. The second-order valence-electron chi connectivity index (χ2n) is 4.39. The smallest absolute Gasteiger partial charge is 0.201 e. The Balaban J connectivity index is 2.29. The van der Waals surface area contributed by atoms with Crippen molar-refractivity contribution in [1.82, 2.24) is 14.5 Å². The largest absolute Gasteiger partial charge is 0.369 e. The van der Waals surface area contributed by atoms with Crippen LogP contribution in [0.25, 0.3) is 11.0 Å². The zero-order chi connectivity index (χ0) is 12.4. The maximum atomic E-state index is 6.19. The number of halogens is 1. The van der Waals surface area contributed by atoms with E-state index in [4.69, 9.17) is 17.3 Å². The van der Waals surface area contributed by atoms with E-state index >= 15 is 0 Å². The van der Waals surface area contributed by atoms with Crippen LogP contribution in [0.5, 0.6) is 0 Å². The highest BCUT2D eigenvalue weighted by atomic mass is 35.5. The number of rotatable bonds is 4. The summed E-state index contributed by atoms with van der Waals surface area (Å²) in [6.07, 6.45) is 1.02. The molecule has 17 heavy (non-hydrogen) atoms. The van der Waals surface area contributed by atoms with Crippen molar-refractivity contribution in [3.63, 3.8) is 0 Å². The highest BCUT2D eigenvalue weighted by Gasteiger charge is 2.10. The molecule has 0 saturated carbocycles. The molecule has 0 amide bonds. The third-order valence-corrected chi connectivity index (χ3v) is 3.04. The van der Waals surface area contributed by atoms with E-state index in [-0.39, 0.29) is 0 Å². The topological polar surface area (TPSA) is 47.1 Å². The van der Waals surface area contributed by atoms with Crippen LogP contribution < -0.4 is 5.73 Å². The van der Waals surface area contributed by atoms with Crippen molar-refractivity contribution in [3.8, 4) is 0 Å². The second kappa shape index (κ2) is 4.94. The standard InChI is InChI=1S/C12H17ClN4/c1-16(2)7-4-8-17-11-9(13)5-3-6-10(11)15-12(17)14/h3,5-6H,4,7-8H2,1-2H3,(H2,14,15). The van der Waals surface area contributed by atoms with Crippen LogP contribution in [0.2, 0.25) is 5.02 Å². The number of para-hydroxylation sites is 1. The van der Waals surface area contributed by atoms with Gasteiger partial charge in [-0.2, -0.15) is 0 Å². The van der Waals surface area contributed by atoms with Crippen molar-refractivity contribution >= 4 is 28.6 Å². The summed E-state index contributed by atoms with van der Waals surface area (Å²) in [7, 11) is 4.12. The molecule has 1 heterocycles. The lowest BCUT2D eigenvalue weighted by molar-refractivity contribution is 0.388.